The number of amides is 1. The van der Waals surface area contributed by atoms with Crippen molar-refractivity contribution in [2.24, 2.45) is 5.10 Å². The summed E-state index contributed by atoms with van der Waals surface area (Å²) in [7, 11) is 0. The number of halogens is 1. The molecule has 0 aliphatic rings. The molecule has 1 heterocycles. The lowest BCUT2D eigenvalue weighted by Gasteiger charge is -2.13. The number of carbonyl (C=O) groups excluding carboxylic acids is 1. The third kappa shape index (κ3) is 4.89. The first kappa shape index (κ1) is 15.0. The van der Waals surface area contributed by atoms with Gasteiger partial charge in [0.15, 0.2) is 0 Å². The van der Waals surface area contributed by atoms with Gasteiger partial charge in [0.25, 0.3) is 5.91 Å². The molecule has 21 heavy (non-hydrogen) atoms. The first-order valence-electron chi connectivity index (χ1n) is 6.40. The van der Waals surface area contributed by atoms with Gasteiger partial charge in [0.2, 0.25) is 0 Å². The molecule has 0 saturated carbocycles. The molecule has 0 aliphatic heterocycles. The second-order valence-electron chi connectivity index (χ2n) is 4.39. The molecule has 0 fully saturated rings. The van der Waals surface area contributed by atoms with Gasteiger partial charge < -0.3 is 5.32 Å². The number of pyridine rings is 1. The van der Waals surface area contributed by atoms with Gasteiger partial charge in [0, 0.05) is 28.7 Å². The first-order valence-corrected chi connectivity index (χ1v) is 6.78. The van der Waals surface area contributed by atoms with Crippen LogP contribution in [0.25, 0.3) is 0 Å². The fourth-order valence-corrected chi connectivity index (χ4v) is 1.71. The van der Waals surface area contributed by atoms with Crippen LogP contribution in [0.2, 0.25) is 5.02 Å². The molecule has 1 aromatic carbocycles. The normalized spacial score (nSPS) is 12.1. The Hall–Kier alpha value is -2.40. The number of anilines is 1. The zero-order chi connectivity index (χ0) is 15.1. The SMILES string of the molecule is CC(Nc1ccc(Cl)cc1)C(=O)N/N=C/c1cccnc1. The van der Waals surface area contributed by atoms with Crippen LogP contribution in [0.3, 0.4) is 0 Å². The number of nitrogens with one attached hydrogen (secondary N) is 2. The van der Waals surface area contributed by atoms with Crippen molar-refractivity contribution >= 4 is 29.4 Å². The lowest BCUT2D eigenvalue weighted by atomic mass is 10.2. The summed E-state index contributed by atoms with van der Waals surface area (Å²) in [6.07, 6.45) is 4.87. The molecule has 5 nitrogen and oxygen atoms in total. The predicted octanol–water partition coefficient (Wildman–Crippen LogP) is 2.69. The number of benzene rings is 1. The quantitative estimate of drug-likeness (QED) is 0.659. The van der Waals surface area contributed by atoms with Crippen molar-refractivity contribution in [2.75, 3.05) is 5.32 Å². The van der Waals surface area contributed by atoms with Crippen molar-refractivity contribution in [3.63, 3.8) is 0 Å². The lowest BCUT2D eigenvalue weighted by molar-refractivity contribution is -0.121. The van der Waals surface area contributed by atoms with Gasteiger partial charge in [-0.25, -0.2) is 5.43 Å². The van der Waals surface area contributed by atoms with Crippen LogP contribution < -0.4 is 10.7 Å². The number of carbonyl (C=O) groups is 1. The summed E-state index contributed by atoms with van der Waals surface area (Å²) < 4.78 is 0. The Morgan fingerprint density at radius 3 is 2.76 bits per heavy atom. The summed E-state index contributed by atoms with van der Waals surface area (Å²) in [5, 5.41) is 7.60. The van der Waals surface area contributed by atoms with Crippen LogP contribution in [0.4, 0.5) is 5.69 Å². The van der Waals surface area contributed by atoms with Gasteiger partial charge in [-0.15, -0.1) is 0 Å². The number of hydrazone groups is 1. The molecule has 1 aromatic heterocycles. The van der Waals surface area contributed by atoms with E-state index < -0.39 is 6.04 Å². The van der Waals surface area contributed by atoms with E-state index in [1.807, 2.05) is 18.2 Å². The molecular weight excluding hydrogens is 288 g/mol. The first-order chi connectivity index (χ1) is 10.1. The number of rotatable bonds is 5. The summed E-state index contributed by atoms with van der Waals surface area (Å²) in [5.41, 5.74) is 4.11. The van der Waals surface area contributed by atoms with Gasteiger partial charge >= 0.3 is 0 Å². The van der Waals surface area contributed by atoms with E-state index in [-0.39, 0.29) is 5.91 Å². The van der Waals surface area contributed by atoms with E-state index in [4.69, 9.17) is 11.6 Å². The van der Waals surface area contributed by atoms with E-state index in [1.54, 1.807) is 43.7 Å². The summed E-state index contributed by atoms with van der Waals surface area (Å²) in [6, 6.07) is 10.4. The zero-order valence-electron chi connectivity index (χ0n) is 11.5. The molecule has 0 radical (unpaired) electrons. The van der Waals surface area contributed by atoms with Gasteiger partial charge in [-0.3, -0.25) is 9.78 Å². The third-order valence-electron chi connectivity index (χ3n) is 2.69. The standard InChI is InChI=1S/C15H15ClN4O/c1-11(19-14-6-4-13(16)5-7-14)15(21)20-18-10-12-3-2-8-17-9-12/h2-11,19H,1H3,(H,20,21)/b18-10+. The number of hydrogen-bond acceptors (Lipinski definition) is 4. The molecule has 1 unspecified atom stereocenters. The van der Waals surface area contributed by atoms with Crippen LogP contribution in [-0.2, 0) is 4.79 Å². The molecule has 2 rings (SSSR count). The van der Waals surface area contributed by atoms with Gasteiger partial charge in [0.05, 0.1) is 6.21 Å². The highest BCUT2D eigenvalue weighted by Crippen LogP contribution is 2.14. The highest BCUT2D eigenvalue weighted by Gasteiger charge is 2.11. The smallest absolute Gasteiger partial charge is 0.262 e. The van der Waals surface area contributed by atoms with Crippen molar-refractivity contribution in [1.29, 1.82) is 0 Å². The molecule has 2 aromatic rings. The lowest BCUT2D eigenvalue weighted by Crippen LogP contribution is -2.34. The second-order valence-corrected chi connectivity index (χ2v) is 4.83. The Balaban J connectivity index is 1.85. The van der Waals surface area contributed by atoms with Crippen LogP contribution in [-0.4, -0.2) is 23.1 Å². The van der Waals surface area contributed by atoms with E-state index in [9.17, 15) is 4.79 Å². The maximum Gasteiger partial charge on any atom is 0.262 e. The van der Waals surface area contributed by atoms with Crippen molar-refractivity contribution in [1.82, 2.24) is 10.4 Å². The van der Waals surface area contributed by atoms with E-state index in [0.29, 0.717) is 5.02 Å². The number of hydrogen-bond donors (Lipinski definition) is 2. The number of nitrogens with zero attached hydrogens (tertiary/aromatic N) is 2. The Morgan fingerprint density at radius 1 is 1.33 bits per heavy atom. The topological polar surface area (TPSA) is 66.4 Å². The monoisotopic (exact) mass is 302 g/mol. The molecule has 0 spiro atoms. The van der Waals surface area contributed by atoms with E-state index >= 15 is 0 Å². The fourth-order valence-electron chi connectivity index (χ4n) is 1.58. The summed E-state index contributed by atoms with van der Waals surface area (Å²) in [5.74, 6) is -0.231. The Bertz CT molecular complexity index is 613. The van der Waals surface area contributed by atoms with Crippen LogP contribution >= 0.6 is 11.6 Å². The van der Waals surface area contributed by atoms with E-state index in [0.717, 1.165) is 11.3 Å². The largest absolute Gasteiger partial charge is 0.374 e. The minimum atomic E-state index is -0.419. The zero-order valence-corrected chi connectivity index (χ0v) is 12.2. The van der Waals surface area contributed by atoms with Crippen LogP contribution in [0.5, 0.6) is 0 Å². The van der Waals surface area contributed by atoms with Gasteiger partial charge in [-0.1, -0.05) is 17.7 Å². The van der Waals surface area contributed by atoms with Crippen molar-refractivity contribution in [2.45, 2.75) is 13.0 Å². The van der Waals surface area contributed by atoms with E-state index in [1.165, 1.54) is 0 Å². The molecule has 6 heteroatoms. The summed E-state index contributed by atoms with van der Waals surface area (Å²) >= 11 is 5.81. The van der Waals surface area contributed by atoms with E-state index in [2.05, 4.69) is 20.8 Å². The van der Waals surface area contributed by atoms with Crippen LogP contribution in [0.15, 0.2) is 53.9 Å². The number of aromatic nitrogens is 1. The molecular formula is C15H15ClN4O. The highest BCUT2D eigenvalue weighted by molar-refractivity contribution is 6.30. The van der Waals surface area contributed by atoms with Gasteiger partial charge in [-0.2, -0.15) is 5.10 Å². The predicted molar refractivity (Wildman–Crippen MR) is 84.5 cm³/mol. The molecule has 2 N–H and O–H groups in total. The molecule has 1 atom stereocenters. The molecule has 1 amide bonds. The minimum absolute atomic E-state index is 0.231. The van der Waals surface area contributed by atoms with Crippen molar-refractivity contribution in [3.05, 3.63) is 59.4 Å². The average Bonchev–Trinajstić information content (AvgIpc) is 2.50. The summed E-state index contributed by atoms with van der Waals surface area (Å²) in [4.78, 5) is 15.8. The third-order valence-corrected chi connectivity index (χ3v) is 2.95. The fraction of sp³-hybridized carbons (Fsp3) is 0.133. The highest BCUT2D eigenvalue weighted by atomic mass is 35.5. The van der Waals surface area contributed by atoms with Crippen LogP contribution in [0, 0.1) is 0 Å². The molecule has 0 saturated heterocycles. The van der Waals surface area contributed by atoms with Crippen molar-refractivity contribution in [3.8, 4) is 0 Å². The van der Waals surface area contributed by atoms with Gasteiger partial charge in [-0.05, 0) is 37.3 Å². The molecule has 108 valence electrons. The van der Waals surface area contributed by atoms with Crippen molar-refractivity contribution < 1.29 is 4.79 Å². The summed E-state index contributed by atoms with van der Waals surface area (Å²) in [6.45, 7) is 1.75. The minimum Gasteiger partial charge on any atom is -0.374 e. The van der Waals surface area contributed by atoms with Gasteiger partial charge in [0.1, 0.15) is 6.04 Å². The molecule has 0 bridgehead atoms. The van der Waals surface area contributed by atoms with Crippen LogP contribution in [0.1, 0.15) is 12.5 Å². The maximum absolute atomic E-state index is 11.9. The average molecular weight is 303 g/mol. The Kier molecular flexibility index (Phi) is 5.29. The molecule has 0 aliphatic carbocycles. The Morgan fingerprint density at radius 2 is 2.10 bits per heavy atom. The Labute approximate surface area is 128 Å². The second kappa shape index (κ2) is 7.40. The maximum atomic E-state index is 11.9.